The van der Waals surface area contributed by atoms with E-state index >= 15 is 0 Å². The molecule has 1 saturated heterocycles. The van der Waals surface area contributed by atoms with Gasteiger partial charge in [-0.15, -0.1) is 0 Å². The number of amides is 5. The van der Waals surface area contributed by atoms with E-state index in [0.717, 1.165) is 38.4 Å². The van der Waals surface area contributed by atoms with Crippen LogP contribution in [-0.4, -0.2) is 104 Å². The molecule has 1 aromatic heterocycles. The maximum atomic E-state index is 14.6. The summed E-state index contributed by atoms with van der Waals surface area (Å²) in [6.45, 7) is 14.5. The van der Waals surface area contributed by atoms with E-state index in [1.54, 1.807) is 36.8 Å². The van der Waals surface area contributed by atoms with Crippen LogP contribution in [-0.2, 0) is 29.0 Å². The number of nitrogens with zero attached hydrogens (tertiary/aromatic N) is 4. The minimum Gasteiger partial charge on any atom is -0.465 e. The standard InChI is InChI=1S/C48H62N6O6/c1-32-15-14-18-35(27-32)31-53-25-26-54(45(53)58)42(48(5,6)7)44(57)51-39(29-33-16-10-9-11-17-33)40(55)30-37(50-43(56)41(47(2,3)4)52(8)46(59)60)28-34-20-22-36(23-21-34)38-19-12-13-24-49-38/h9-24,27,37,39-42,55H,25-26,28-31H2,1-8H3,(H,50,56)(H,51,57)(H,59,60)/t37-,39+,40+,41-,42-/m1/s1. The zero-order valence-corrected chi connectivity index (χ0v) is 36.3. The highest BCUT2D eigenvalue weighted by Crippen LogP contribution is 2.30. The molecule has 0 bridgehead atoms. The SMILES string of the molecule is Cc1cccc(CN2CCN([C@H](C(=O)N[C@@H](Cc3ccccc3)[C@@H](O)C[C@@H](Cc3ccc(-c4ccccn4)cc3)NC(=O)[C@@H](N(C)C(=O)O)C(C)(C)C)C(C)(C)C)C2=O)c1. The van der Waals surface area contributed by atoms with Crippen molar-refractivity contribution in [3.63, 3.8) is 0 Å². The minimum absolute atomic E-state index is 0.0340. The average Bonchev–Trinajstić information content (AvgIpc) is 3.52. The molecule has 5 atom stereocenters. The molecule has 5 rings (SSSR count). The summed E-state index contributed by atoms with van der Waals surface area (Å²) in [5.41, 5.74) is 4.22. The normalized spacial score (nSPS) is 15.8. The number of rotatable bonds is 16. The predicted octanol–water partition coefficient (Wildman–Crippen LogP) is 6.94. The lowest BCUT2D eigenvalue weighted by Gasteiger charge is -2.38. The van der Waals surface area contributed by atoms with Gasteiger partial charge in [-0.1, -0.05) is 132 Å². The number of carbonyl (C=O) groups excluding carboxylic acids is 3. The van der Waals surface area contributed by atoms with E-state index in [2.05, 4.69) is 21.7 Å². The summed E-state index contributed by atoms with van der Waals surface area (Å²) in [7, 11) is 1.38. The molecule has 1 aliphatic rings. The molecule has 0 aliphatic carbocycles. The summed E-state index contributed by atoms with van der Waals surface area (Å²) in [4.78, 5) is 63.7. The van der Waals surface area contributed by atoms with Crippen LogP contribution in [0.3, 0.4) is 0 Å². The molecule has 3 aromatic carbocycles. The van der Waals surface area contributed by atoms with Crippen LogP contribution in [0.15, 0.2) is 103 Å². The summed E-state index contributed by atoms with van der Waals surface area (Å²) in [5.74, 6) is -0.872. The number of aryl methyl sites for hydroxylation is 1. The van der Waals surface area contributed by atoms with Crippen molar-refractivity contribution in [1.82, 2.24) is 30.3 Å². The molecular formula is C48H62N6O6. The fraction of sp³-hybridized carbons (Fsp3) is 0.438. The Hall–Kier alpha value is -5.75. The van der Waals surface area contributed by atoms with Gasteiger partial charge in [0.05, 0.1) is 17.8 Å². The quantitative estimate of drug-likeness (QED) is 0.0955. The van der Waals surface area contributed by atoms with Crippen LogP contribution in [0.4, 0.5) is 9.59 Å². The number of aliphatic hydroxyl groups is 1. The number of pyridine rings is 1. The molecule has 4 N–H and O–H groups in total. The van der Waals surface area contributed by atoms with Crippen molar-refractivity contribution in [2.75, 3.05) is 20.1 Å². The number of hydrogen-bond acceptors (Lipinski definition) is 6. The van der Waals surface area contributed by atoms with Crippen LogP contribution < -0.4 is 10.6 Å². The van der Waals surface area contributed by atoms with E-state index in [-0.39, 0.29) is 24.8 Å². The molecule has 60 heavy (non-hydrogen) atoms. The minimum atomic E-state index is -1.24. The first-order valence-corrected chi connectivity index (χ1v) is 20.7. The molecule has 12 nitrogen and oxygen atoms in total. The molecule has 0 unspecified atom stereocenters. The van der Waals surface area contributed by atoms with E-state index in [9.17, 15) is 29.4 Å². The number of benzene rings is 3. The third-order valence-electron chi connectivity index (χ3n) is 11.1. The molecule has 0 radical (unpaired) electrons. The van der Waals surface area contributed by atoms with Crippen LogP contribution in [0, 0.1) is 17.8 Å². The summed E-state index contributed by atoms with van der Waals surface area (Å²) in [5, 5.41) is 28.4. The molecule has 4 aromatic rings. The number of hydrogen-bond donors (Lipinski definition) is 4. The van der Waals surface area contributed by atoms with Crippen molar-refractivity contribution in [1.29, 1.82) is 0 Å². The lowest BCUT2D eigenvalue weighted by molar-refractivity contribution is -0.131. The first-order valence-electron chi connectivity index (χ1n) is 20.7. The summed E-state index contributed by atoms with van der Waals surface area (Å²) < 4.78 is 0. The molecule has 2 heterocycles. The fourth-order valence-corrected chi connectivity index (χ4v) is 8.25. The number of nitrogens with one attached hydrogen (secondary N) is 2. The van der Waals surface area contributed by atoms with Gasteiger partial charge in [0.25, 0.3) is 0 Å². The van der Waals surface area contributed by atoms with Crippen LogP contribution in [0.2, 0.25) is 0 Å². The molecule has 0 spiro atoms. The summed E-state index contributed by atoms with van der Waals surface area (Å²) in [6.07, 6.45) is -0.0368. The maximum absolute atomic E-state index is 14.6. The fourth-order valence-electron chi connectivity index (χ4n) is 8.25. The first kappa shape index (κ1) is 45.3. The number of likely N-dealkylation sites (N-methyl/N-ethyl adjacent to an activating group) is 1. The number of aromatic nitrogens is 1. The van der Waals surface area contributed by atoms with E-state index < -0.39 is 53.1 Å². The zero-order valence-electron chi connectivity index (χ0n) is 36.3. The Balaban J connectivity index is 1.43. The van der Waals surface area contributed by atoms with Gasteiger partial charge in [-0.25, -0.2) is 9.59 Å². The van der Waals surface area contributed by atoms with Crippen LogP contribution in [0.25, 0.3) is 11.3 Å². The van der Waals surface area contributed by atoms with Gasteiger partial charge in [-0.2, -0.15) is 0 Å². The van der Waals surface area contributed by atoms with Gasteiger partial charge in [0.2, 0.25) is 11.8 Å². The Kier molecular flexibility index (Phi) is 14.8. The molecule has 1 fully saturated rings. The second kappa shape index (κ2) is 19.5. The zero-order chi connectivity index (χ0) is 43.8. The molecule has 320 valence electrons. The van der Waals surface area contributed by atoms with Crippen molar-refractivity contribution >= 4 is 23.9 Å². The first-order chi connectivity index (χ1) is 28.3. The highest BCUT2D eigenvalue weighted by Gasteiger charge is 2.45. The maximum Gasteiger partial charge on any atom is 0.407 e. The van der Waals surface area contributed by atoms with Crippen LogP contribution >= 0.6 is 0 Å². The van der Waals surface area contributed by atoms with Crippen LogP contribution in [0.5, 0.6) is 0 Å². The van der Waals surface area contributed by atoms with Gasteiger partial charge in [-0.3, -0.25) is 19.5 Å². The molecular weight excluding hydrogens is 757 g/mol. The Bertz CT molecular complexity index is 2060. The Morgan fingerprint density at radius 3 is 2.03 bits per heavy atom. The Morgan fingerprint density at radius 1 is 0.783 bits per heavy atom. The molecule has 0 saturated carbocycles. The van der Waals surface area contributed by atoms with E-state index in [1.807, 2.05) is 119 Å². The third-order valence-corrected chi connectivity index (χ3v) is 11.1. The Morgan fingerprint density at radius 2 is 1.43 bits per heavy atom. The second-order valence-electron chi connectivity index (χ2n) is 18.2. The topological polar surface area (TPSA) is 155 Å². The van der Waals surface area contributed by atoms with Gasteiger partial charge < -0.3 is 30.6 Å². The molecule has 1 aliphatic heterocycles. The van der Waals surface area contributed by atoms with Gasteiger partial charge in [0.15, 0.2) is 0 Å². The highest BCUT2D eigenvalue weighted by atomic mass is 16.4. The van der Waals surface area contributed by atoms with E-state index in [4.69, 9.17) is 0 Å². The highest BCUT2D eigenvalue weighted by molar-refractivity contribution is 5.89. The third kappa shape index (κ3) is 11.9. The number of carboxylic acid groups (broad SMARTS) is 1. The van der Waals surface area contributed by atoms with Crippen molar-refractivity contribution in [2.45, 2.75) is 105 Å². The average molecular weight is 819 g/mol. The van der Waals surface area contributed by atoms with Crippen LogP contribution in [0.1, 0.15) is 70.2 Å². The van der Waals surface area contributed by atoms with Gasteiger partial charge in [-0.05, 0) is 65.8 Å². The van der Waals surface area contributed by atoms with Crippen molar-refractivity contribution in [3.05, 3.63) is 126 Å². The summed E-state index contributed by atoms with van der Waals surface area (Å²) in [6, 6.07) is 27.5. The number of urea groups is 1. The largest absolute Gasteiger partial charge is 0.465 e. The van der Waals surface area contributed by atoms with Crippen molar-refractivity contribution in [3.8, 4) is 11.3 Å². The summed E-state index contributed by atoms with van der Waals surface area (Å²) >= 11 is 0. The smallest absolute Gasteiger partial charge is 0.407 e. The van der Waals surface area contributed by atoms with E-state index in [0.29, 0.717) is 26.1 Å². The van der Waals surface area contributed by atoms with Gasteiger partial charge in [0, 0.05) is 44.5 Å². The number of carbonyl (C=O) groups is 4. The lowest BCUT2D eigenvalue weighted by atomic mass is 9.84. The van der Waals surface area contributed by atoms with Crippen molar-refractivity contribution in [2.24, 2.45) is 10.8 Å². The Labute approximate surface area is 355 Å². The molecule has 12 heteroatoms. The van der Waals surface area contributed by atoms with E-state index in [1.165, 1.54) is 7.05 Å². The lowest BCUT2D eigenvalue weighted by Crippen LogP contribution is -2.59. The predicted molar refractivity (Wildman–Crippen MR) is 234 cm³/mol. The molecule has 5 amide bonds. The van der Waals surface area contributed by atoms with Gasteiger partial charge in [0.1, 0.15) is 12.1 Å². The van der Waals surface area contributed by atoms with Gasteiger partial charge >= 0.3 is 12.1 Å². The monoisotopic (exact) mass is 818 g/mol. The van der Waals surface area contributed by atoms with Crippen molar-refractivity contribution < 1.29 is 29.4 Å². The second-order valence-corrected chi connectivity index (χ2v) is 18.2. The number of aliphatic hydroxyl groups excluding tert-OH is 1.